The van der Waals surface area contributed by atoms with Gasteiger partial charge in [-0.15, -0.1) is 11.3 Å². The van der Waals surface area contributed by atoms with Crippen LogP contribution in [0.1, 0.15) is 28.2 Å². The smallest absolute Gasteiger partial charge is 0.255 e. The minimum Gasteiger partial charge on any atom is -0.493 e. The highest BCUT2D eigenvalue weighted by Gasteiger charge is 2.18. The van der Waals surface area contributed by atoms with E-state index in [1.165, 1.54) is 0 Å². The number of rotatable bonds is 7. The van der Waals surface area contributed by atoms with E-state index in [0.29, 0.717) is 24.5 Å². The summed E-state index contributed by atoms with van der Waals surface area (Å²) < 4.78 is 7.39. The second kappa shape index (κ2) is 7.79. The molecule has 0 radical (unpaired) electrons. The molecule has 0 fully saturated rings. The van der Waals surface area contributed by atoms with Crippen LogP contribution in [-0.4, -0.2) is 28.8 Å². The van der Waals surface area contributed by atoms with Crippen molar-refractivity contribution in [1.82, 2.24) is 15.1 Å². The summed E-state index contributed by atoms with van der Waals surface area (Å²) in [4.78, 5) is 13.7. The molecule has 24 heavy (non-hydrogen) atoms. The molecule has 0 saturated carbocycles. The molecule has 0 aliphatic rings. The Balaban J connectivity index is 1.74. The molecule has 2 aromatic heterocycles. The first-order chi connectivity index (χ1) is 11.8. The number of hydrogen-bond donors (Lipinski definition) is 1. The van der Waals surface area contributed by atoms with Gasteiger partial charge in [-0.05, 0) is 36.6 Å². The lowest BCUT2D eigenvalue weighted by Crippen LogP contribution is -2.31. The van der Waals surface area contributed by atoms with Gasteiger partial charge in [0.2, 0.25) is 0 Å². The monoisotopic (exact) mass is 341 g/mol. The Kier molecular flexibility index (Phi) is 5.28. The van der Waals surface area contributed by atoms with Crippen molar-refractivity contribution in [1.29, 1.82) is 0 Å². The van der Waals surface area contributed by atoms with Crippen LogP contribution in [-0.2, 0) is 0 Å². The van der Waals surface area contributed by atoms with Crippen molar-refractivity contribution in [2.45, 2.75) is 13.0 Å². The standard InChI is InChI=1S/C18H19N3O2S/c1-2-23-16-8-4-3-7-14(16)18(22)19-13-15(17-9-5-12-24-17)21-11-6-10-20-21/h3-12,15H,2,13H2,1H3,(H,19,22)/t15-/m0/s1. The van der Waals surface area contributed by atoms with E-state index < -0.39 is 0 Å². The third-order valence-electron chi connectivity index (χ3n) is 3.60. The maximum atomic E-state index is 12.6. The second-order valence-corrected chi connectivity index (χ2v) is 6.14. The topological polar surface area (TPSA) is 56.1 Å². The van der Waals surface area contributed by atoms with Gasteiger partial charge < -0.3 is 10.1 Å². The molecule has 5 nitrogen and oxygen atoms in total. The highest BCUT2D eigenvalue weighted by Crippen LogP contribution is 2.23. The van der Waals surface area contributed by atoms with E-state index in [-0.39, 0.29) is 11.9 Å². The minimum atomic E-state index is -0.146. The molecule has 0 saturated heterocycles. The van der Waals surface area contributed by atoms with Gasteiger partial charge in [0.1, 0.15) is 11.8 Å². The number of amides is 1. The Morgan fingerprint density at radius 1 is 1.29 bits per heavy atom. The number of carbonyl (C=O) groups is 1. The molecule has 6 heteroatoms. The molecule has 1 amide bonds. The molecule has 0 unspecified atom stereocenters. The van der Waals surface area contributed by atoms with Gasteiger partial charge in [-0.25, -0.2) is 0 Å². The Morgan fingerprint density at radius 3 is 2.88 bits per heavy atom. The summed E-state index contributed by atoms with van der Waals surface area (Å²) in [5, 5.41) is 9.34. The Hall–Kier alpha value is -2.60. The number of nitrogens with one attached hydrogen (secondary N) is 1. The average molecular weight is 341 g/mol. The van der Waals surface area contributed by atoms with Crippen LogP contribution in [0.2, 0.25) is 0 Å². The van der Waals surface area contributed by atoms with Crippen LogP contribution in [0.5, 0.6) is 5.75 Å². The molecular formula is C18H19N3O2S. The van der Waals surface area contributed by atoms with E-state index in [2.05, 4.69) is 16.5 Å². The lowest BCUT2D eigenvalue weighted by Gasteiger charge is -2.18. The Morgan fingerprint density at radius 2 is 2.17 bits per heavy atom. The summed E-state index contributed by atoms with van der Waals surface area (Å²) in [6.07, 6.45) is 3.65. The van der Waals surface area contributed by atoms with Crippen molar-refractivity contribution >= 4 is 17.2 Å². The van der Waals surface area contributed by atoms with Crippen LogP contribution in [0.25, 0.3) is 0 Å². The molecule has 3 aromatic rings. The van der Waals surface area contributed by atoms with E-state index in [4.69, 9.17) is 4.74 Å². The van der Waals surface area contributed by atoms with E-state index in [9.17, 15) is 4.79 Å². The van der Waals surface area contributed by atoms with Crippen molar-refractivity contribution in [3.63, 3.8) is 0 Å². The zero-order valence-electron chi connectivity index (χ0n) is 13.4. The molecule has 1 atom stereocenters. The number of aromatic nitrogens is 2. The number of para-hydroxylation sites is 1. The number of hydrogen-bond acceptors (Lipinski definition) is 4. The zero-order valence-corrected chi connectivity index (χ0v) is 14.2. The first-order valence-corrected chi connectivity index (χ1v) is 8.70. The van der Waals surface area contributed by atoms with Crippen LogP contribution < -0.4 is 10.1 Å². The second-order valence-electron chi connectivity index (χ2n) is 5.16. The fraction of sp³-hybridized carbons (Fsp3) is 0.222. The predicted molar refractivity (Wildman–Crippen MR) is 94.6 cm³/mol. The van der Waals surface area contributed by atoms with Crippen molar-refractivity contribution in [2.24, 2.45) is 0 Å². The van der Waals surface area contributed by atoms with Crippen molar-refractivity contribution in [2.75, 3.05) is 13.2 Å². The Labute approximate surface area is 144 Å². The molecule has 124 valence electrons. The summed E-state index contributed by atoms with van der Waals surface area (Å²) in [5.74, 6) is 0.456. The van der Waals surface area contributed by atoms with Gasteiger partial charge in [-0.2, -0.15) is 5.10 Å². The quantitative estimate of drug-likeness (QED) is 0.717. The lowest BCUT2D eigenvalue weighted by molar-refractivity contribution is 0.0945. The van der Waals surface area contributed by atoms with Gasteiger partial charge in [0.15, 0.2) is 0 Å². The van der Waals surface area contributed by atoms with Crippen molar-refractivity contribution in [3.05, 3.63) is 70.7 Å². The summed E-state index contributed by atoms with van der Waals surface area (Å²) in [5.41, 5.74) is 0.546. The van der Waals surface area contributed by atoms with E-state index in [1.54, 1.807) is 23.6 Å². The fourth-order valence-electron chi connectivity index (χ4n) is 2.49. The molecule has 1 aromatic carbocycles. The SMILES string of the molecule is CCOc1ccccc1C(=O)NC[C@@H](c1cccs1)n1cccn1. The van der Waals surface area contributed by atoms with Crippen LogP contribution in [0.15, 0.2) is 60.2 Å². The average Bonchev–Trinajstić information content (AvgIpc) is 3.30. The van der Waals surface area contributed by atoms with Crippen molar-refractivity contribution in [3.8, 4) is 5.75 Å². The van der Waals surface area contributed by atoms with Gasteiger partial charge in [0.05, 0.1) is 12.2 Å². The molecule has 1 N–H and O–H groups in total. The maximum absolute atomic E-state index is 12.6. The number of ether oxygens (including phenoxy) is 1. The van der Waals surface area contributed by atoms with E-state index in [0.717, 1.165) is 4.88 Å². The third-order valence-corrected chi connectivity index (χ3v) is 4.58. The first-order valence-electron chi connectivity index (χ1n) is 7.82. The number of nitrogens with zero attached hydrogens (tertiary/aromatic N) is 2. The molecular weight excluding hydrogens is 322 g/mol. The molecule has 0 aliphatic carbocycles. The number of thiophene rings is 1. The van der Waals surface area contributed by atoms with E-state index in [1.807, 2.05) is 53.5 Å². The first kappa shape index (κ1) is 16.3. The molecule has 2 heterocycles. The van der Waals surface area contributed by atoms with Crippen LogP contribution in [0.4, 0.5) is 0 Å². The molecule has 3 rings (SSSR count). The summed E-state index contributed by atoms with van der Waals surface area (Å²) >= 11 is 1.65. The van der Waals surface area contributed by atoms with Gasteiger partial charge in [0.25, 0.3) is 5.91 Å². The summed E-state index contributed by atoms with van der Waals surface area (Å²) in [6, 6.07) is 13.2. The molecule has 0 spiro atoms. The predicted octanol–water partition coefficient (Wildman–Crippen LogP) is 3.36. The maximum Gasteiger partial charge on any atom is 0.255 e. The van der Waals surface area contributed by atoms with Gasteiger partial charge in [-0.1, -0.05) is 18.2 Å². The van der Waals surface area contributed by atoms with Crippen LogP contribution >= 0.6 is 11.3 Å². The fourth-order valence-corrected chi connectivity index (χ4v) is 3.31. The number of carbonyl (C=O) groups excluding carboxylic acids is 1. The Bertz CT molecular complexity index is 735. The third kappa shape index (κ3) is 3.65. The van der Waals surface area contributed by atoms with Crippen LogP contribution in [0.3, 0.4) is 0 Å². The molecule has 0 aliphatic heterocycles. The van der Waals surface area contributed by atoms with Crippen LogP contribution in [0, 0.1) is 0 Å². The largest absolute Gasteiger partial charge is 0.493 e. The summed E-state index contributed by atoms with van der Waals surface area (Å²) in [6.45, 7) is 2.89. The number of benzene rings is 1. The van der Waals surface area contributed by atoms with Gasteiger partial charge in [0, 0.05) is 23.8 Å². The zero-order chi connectivity index (χ0) is 16.8. The van der Waals surface area contributed by atoms with E-state index >= 15 is 0 Å². The van der Waals surface area contributed by atoms with Crippen molar-refractivity contribution < 1.29 is 9.53 Å². The minimum absolute atomic E-state index is 0.0248. The summed E-state index contributed by atoms with van der Waals surface area (Å²) in [7, 11) is 0. The highest BCUT2D eigenvalue weighted by molar-refractivity contribution is 7.10. The van der Waals surface area contributed by atoms with Gasteiger partial charge in [-0.3, -0.25) is 9.48 Å². The molecule has 0 bridgehead atoms. The lowest BCUT2D eigenvalue weighted by atomic mass is 10.1. The highest BCUT2D eigenvalue weighted by atomic mass is 32.1. The normalized spacial score (nSPS) is 11.9. The van der Waals surface area contributed by atoms with Gasteiger partial charge >= 0.3 is 0 Å².